The average molecular weight is 563 g/mol. The highest BCUT2D eigenvalue weighted by Crippen LogP contribution is 2.52. The molecule has 2 aliphatic rings. The highest BCUT2D eigenvalue weighted by molar-refractivity contribution is 6.03. The summed E-state index contributed by atoms with van der Waals surface area (Å²) in [6.07, 6.45) is 7.21. The lowest BCUT2D eigenvalue weighted by atomic mass is 9.99. The van der Waals surface area contributed by atoms with Gasteiger partial charge in [0.2, 0.25) is 0 Å². The van der Waals surface area contributed by atoms with E-state index in [-0.39, 0.29) is 0 Å². The summed E-state index contributed by atoms with van der Waals surface area (Å²) in [6.45, 7) is 0. The lowest BCUT2D eigenvalue weighted by Crippen LogP contribution is -2.24. The summed E-state index contributed by atoms with van der Waals surface area (Å²) in [5.41, 5.74) is 12.3. The molecule has 4 aromatic carbocycles. The molecule has 0 N–H and O–H groups in total. The lowest BCUT2D eigenvalue weighted by Gasteiger charge is -2.36. The van der Waals surface area contributed by atoms with Crippen LogP contribution in [0.15, 0.2) is 106 Å². The van der Waals surface area contributed by atoms with Crippen molar-refractivity contribution >= 4 is 62.9 Å². The van der Waals surface area contributed by atoms with Gasteiger partial charge in [0.25, 0.3) is 5.82 Å². The first-order valence-electron chi connectivity index (χ1n) is 14.4. The van der Waals surface area contributed by atoms with Crippen LogP contribution in [0, 0.1) is 0 Å². The first-order chi connectivity index (χ1) is 21.1. The van der Waals surface area contributed by atoms with Crippen LogP contribution in [0.5, 0.6) is 0 Å². The van der Waals surface area contributed by atoms with Gasteiger partial charge in [0, 0.05) is 35.5 Å². The summed E-state index contributed by atoms with van der Waals surface area (Å²) in [7, 11) is 6.35. The Labute approximate surface area is 248 Å². The van der Waals surface area contributed by atoms with Crippen molar-refractivity contribution in [2.45, 2.75) is 6.42 Å². The van der Waals surface area contributed by atoms with Crippen molar-refractivity contribution in [2.24, 2.45) is 7.05 Å². The van der Waals surface area contributed by atoms with Gasteiger partial charge < -0.3 is 13.7 Å². The molecule has 2 aliphatic heterocycles. The number of aromatic nitrogens is 2. The predicted molar refractivity (Wildman–Crippen MR) is 172 cm³/mol. The quantitative estimate of drug-likeness (QED) is 0.202. The molecule has 208 valence electrons. The van der Waals surface area contributed by atoms with Crippen molar-refractivity contribution in [2.75, 3.05) is 23.9 Å². The van der Waals surface area contributed by atoms with Crippen molar-refractivity contribution in [1.29, 1.82) is 0 Å². The van der Waals surface area contributed by atoms with Gasteiger partial charge in [-0.1, -0.05) is 48.5 Å². The smallest absolute Gasteiger partial charge is 0.307 e. The molecule has 0 bridgehead atoms. The summed E-state index contributed by atoms with van der Waals surface area (Å²) in [4.78, 5) is 9.58. The third-order valence-corrected chi connectivity index (χ3v) is 8.90. The van der Waals surface area contributed by atoms with E-state index in [1.807, 2.05) is 36.6 Å². The molecule has 9 rings (SSSR count). The van der Waals surface area contributed by atoms with Crippen molar-refractivity contribution < 1.29 is 13.4 Å². The molecule has 7 aromatic rings. The molecule has 0 atom stereocenters. The van der Waals surface area contributed by atoms with Gasteiger partial charge in [-0.25, -0.2) is 9.14 Å². The van der Waals surface area contributed by atoms with Crippen molar-refractivity contribution in [3.8, 4) is 22.3 Å². The maximum Gasteiger partial charge on any atom is 0.307 e. The van der Waals surface area contributed by atoms with Gasteiger partial charge in [-0.2, -0.15) is 4.98 Å². The molecule has 0 amide bonds. The molecule has 3 aromatic heterocycles. The van der Waals surface area contributed by atoms with Gasteiger partial charge in [0.1, 0.15) is 11.1 Å². The van der Waals surface area contributed by atoms with E-state index in [9.17, 15) is 0 Å². The fourth-order valence-electron chi connectivity index (χ4n) is 6.88. The largest absolute Gasteiger partial charge is 0.464 e. The van der Waals surface area contributed by atoms with E-state index in [0.29, 0.717) is 6.01 Å². The molecular formula is C36H28N5O2+. The number of aryl methyl sites for hydroxylation is 1. The minimum atomic E-state index is 0.528. The molecule has 5 heterocycles. The van der Waals surface area contributed by atoms with Gasteiger partial charge in [-0.3, -0.25) is 4.90 Å². The van der Waals surface area contributed by atoms with E-state index >= 15 is 0 Å². The molecule has 0 saturated heterocycles. The highest BCUT2D eigenvalue weighted by atomic mass is 16.4. The second-order valence-corrected chi connectivity index (χ2v) is 11.3. The number of nitrogens with zero attached hydrogens (tertiary/aromatic N) is 5. The van der Waals surface area contributed by atoms with E-state index in [0.717, 1.165) is 62.4 Å². The number of fused-ring (bicyclic) bond motifs is 5. The van der Waals surface area contributed by atoms with E-state index in [1.165, 1.54) is 22.5 Å². The number of anilines is 5. The van der Waals surface area contributed by atoms with E-state index < -0.39 is 0 Å². The highest BCUT2D eigenvalue weighted by Gasteiger charge is 2.33. The fraction of sp³-hybridized carbons (Fsp3) is 0.111. The van der Waals surface area contributed by atoms with E-state index in [1.54, 1.807) is 0 Å². The Morgan fingerprint density at radius 3 is 2.47 bits per heavy atom. The van der Waals surface area contributed by atoms with Crippen molar-refractivity contribution in [1.82, 2.24) is 9.55 Å². The molecule has 0 unspecified atom stereocenters. The van der Waals surface area contributed by atoms with Crippen LogP contribution in [0.1, 0.15) is 5.56 Å². The Morgan fingerprint density at radius 1 is 0.767 bits per heavy atom. The summed E-state index contributed by atoms with van der Waals surface area (Å²) in [6, 6.07) is 29.8. The predicted octanol–water partition coefficient (Wildman–Crippen LogP) is 8.70. The van der Waals surface area contributed by atoms with Crippen LogP contribution in [0.2, 0.25) is 0 Å². The second-order valence-electron chi connectivity index (χ2n) is 11.3. The molecule has 43 heavy (non-hydrogen) atoms. The van der Waals surface area contributed by atoms with Crippen LogP contribution in [0.25, 0.3) is 44.3 Å². The SMILES string of the molecule is CN1c2ccccc2N(c2nc3c(-c4coc5ccccc45)cccc3o2)c2cc(-c3cn(C)c4c3CC=[N+]4C)ccc21. The van der Waals surface area contributed by atoms with Crippen molar-refractivity contribution in [3.05, 3.63) is 103 Å². The van der Waals surface area contributed by atoms with Crippen molar-refractivity contribution in [3.63, 3.8) is 0 Å². The zero-order valence-corrected chi connectivity index (χ0v) is 24.1. The van der Waals surface area contributed by atoms with Crippen LogP contribution >= 0.6 is 0 Å². The van der Waals surface area contributed by atoms with Crippen LogP contribution < -0.4 is 9.80 Å². The number of benzene rings is 4. The van der Waals surface area contributed by atoms with Gasteiger partial charge in [-0.05, 0) is 42.0 Å². The van der Waals surface area contributed by atoms with E-state index in [2.05, 4.69) is 107 Å². The van der Waals surface area contributed by atoms with Crippen LogP contribution in [0.4, 0.5) is 34.6 Å². The number of rotatable bonds is 3. The van der Waals surface area contributed by atoms with Gasteiger partial charge in [0.15, 0.2) is 5.58 Å². The lowest BCUT2D eigenvalue weighted by molar-refractivity contribution is -0.403. The Bertz CT molecular complexity index is 2280. The van der Waals surface area contributed by atoms with Gasteiger partial charge in [-0.15, -0.1) is 0 Å². The molecular weight excluding hydrogens is 534 g/mol. The second kappa shape index (κ2) is 8.72. The van der Waals surface area contributed by atoms with Gasteiger partial charge >= 0.3 is 6.01 Å². The standard InChI is InChI=1S/C36H28N5O2/c1-38-18-17-25-26(20-39(2)35(25)38)22-15-16-29-31(19-22)41(30-12-6-5-11-28(30)40(29)3)36-37-34-24(10-8-14-33(34)43-36)27-21-42-32-13-7-4-9-23(27)32/h4-16,18-21H,17H2,1-3H3/q+1. The fourth-order valence-corrected chi connectivity index (χ4v) is 6.88. The molecule has 0 spiro atoms. The maximum absolute atomic E-state index is 6.59. The molecule has 0 saturated carbocycles. The minimum Gasteiger partial charge on any atom is -0.464 e. The maximum atomic E-state index is 6.59. The van der Waals surface area contributed by atoms with E-state index in [4.69, 9.17) is 13.8 Å². The topological polar surface area (TPSA) is 53.6 Å². The zero-order valence-electron chi connectivity index (χ0n) is 24.1. The molecule has 0 aliphatic carbocycles. The number of furan rings is 1. The summed E-state index contributed by atoms with van der Waals surface area (Å²) in [5.74, 6) is 1.24. The monoisotopic (exact) mass is 562 g/mol. The Kier molecular flexibility index (Phi) is 4.88. The molecule has 7 nitrogen and oxygen atoms in total. The average Bonchev–Trinajstić information content (AvgIpc) is 3.81. The van der Waals surface area contributed by atoms with Crippen LogP contribution in [-0.2, 0) is 13.5 Å². The normalized spacial score (nSPS) is 13.9. The number of para-hydroxylation sites is 4. The first-order valence-corrected chi connectivity index (χ1v) is 14.4. The van der Waals surface area contributed by atoms with Crippen LogP contribution in [-0.4, -0.2) is 34.4 Å². The zero-order chi connectivity index (χ0) is 28.8. The Morgan fingerprint density at radius 2 is 1.56 bits per heavy atom. The minimum absolute atomic E-state index is 0.528. The summed E-state index contributed by atoms with van der Waals surface area (Å²) in [5, 5.41) is 1.05. The van der Waals surface area contributed by atoms with Crippen LogP contribution in [0.3, 0.4) is 0 Å². The number of hydrogen-bond donors (Lipinski definition) is 0. The third kappa shape index (κ3) is 3.36. The summed E-state index contributed by atoms with van der Waals surface area (Å²) < 4.78 is 16.9. The molecule has 7 heteroatoms. The third-order valence-electron chi connectivity index (χ3n) is 8.90. The number of hydrogen-bond acceptors (Lipinski definition) is 5. The first kappa shape index (κ1) is 24.1. The molecule has 0 fully saturated rings. The van der Waals surface area contributed by atoms with Gasteiger partial charge in [0.05, 0.1) is 61.1 Å². The summed E-state index contributed by atoms with van der Waals surface area (Å²) >= 11 is 0. The Hall–Kier alpha value is -5.56. The number of oxazole rings is 1. The Balaban J connectivity index is 1.25. The molecule has 0 radical (unpaired) electrons.